The van der Waals surface area contributed by atoms with Crippen molar-refractivity contribution in [2.75, 3.05) is 0 Å². The van der Waals surface area contributed by atoms with Gasteiger partial charge < -0.3 is 0 Å². The van der Waals surface area contributed by atoms with Crippen molar-refractivity contribution in [1.29, 1.82) is 0 Å². The van der Waals surface area contributed by atoms with E-state index in [4.69, 9.17) is 0 Å². The van der Waals surface area contributed by atoms with E-state index in [9.17, 15) is 0 Å². The molecule has 0 aliphatic heterocycles. The van der Waals surface area contributed by atoms with E-state index in [1.807, 2.05) is 13.0 Å². The van der Waals surface area contributed by atoms with Crippen LogP contribution in [0.3, 0.4) is 0 Å². The summed E-state index contributed by atoms with van der Waals surface area (Å²) in [5.41, 5.74) is 1.38. The van der Waals surface area contributed by atoms with Gasteiger partial charge in [-0.1, -0.05) is 24.3 Å². The van der Waals surface area contributed by atoms with Crippen LogP contribution in [0.1, 0.15) is 32.6 Å². The molecule has 0 saturated carbocycles. The van der Waals surface area contributed by atoms with Crippen LogP contribution in [0.4, 0.5) is 0 Å². The molecule has 0 saturated heterocycles. The molecule has 0 N–H and O–H groups in total. The molecule has 0 spiro atoms. The summed E-state index contributed by atoms with van der Waals surface area (Å²) < 4.78 is 0. The highest BCUT2D eigenvalue weighted by atomic mass is 14.0. The summed E-state index contributed by atoms with van der Waals surface area (Å²) >= 11 is 0. The molecule has 0 fully saturated rings. The SMILES string of the molecule is CC=CC=CC1=[C]CCCC1. The van der Waals surface area contributed by atoms with Crippen molar-refractivity contribution in [2.45, 2.75) is 32.6 Å². The molecular formula is C11H15. The predicted octanol–water partition coefficient (Wildman–Crippen LogP) is 3.42. The lowest BCUT2D eigenvalue weighted by Crippen LogP contribution is -1.88. The first-order valence-corrected chi connectivity index (χ1v) is 4.32. The second-order valence-corrected chi connectivity index (χ2v) is 2.79. The molecule has 0 heteroatoms. The molecule has 1 aliphatic carbocycles. The van der Waals surface area contributed by atoms with Crippen LogP contribution in [0, 0.1) is 6.08 Å². The Balaban J connectivity index is 2.40. The van der Waals surface area contributed by atoms with E-state index in [0.717, 1.165) is 6.42 Å². The molecule has 0 unspecified atom stereocenters. The van der Waals surface area contributed by atoms with Crippen LogP contribution in [0.2, 0.25) is 0 Å². The van der Waals surface area contributed by atoms with Crippen molar-refractivity contribution >= 4 is 0 Å². The van der Waals surface area contributed by atoms with Crippen molar-refractivity contribution in [1.82, 2.24) is 0 Å². The average Bonchev–Trinajstić information content (AvgIpc) is 2.07. The maximum atomic E-state index is 3.37. The third-order valence-corrected chi connectivity index (χ3v) is 1.83. The van der Waals surface area contributed by atoms with Crippen LogP contribution >= 0.6 is 0 Å². The Morgan fingerprint density at radius 1 is 1.27 bits per heavy atom. The summed E-state index contributed by atoms with van der Waals surface area (Å²) in [4.78, 5) is 0. The molecule has 0 aromatic rings. The first-order chi connectivity index (χ1) is 5.43. The van der Waals surface area contributed by atoms with Crippen LogP contribution in [0.25, 0.3) is 0 Å². The quantitative estimate of drug-likeness (QED) is 0.525. The Morgan fingerprint density at radius 3 is 2.82 bits per heavy atom. The number of hydrogen-bond acceptors (Lipinski definition) is 0. The van der Waals surface area contributed by atoms with Gasteiger partial charge in [0.15, 0.2) is 0 Å². The molecule has 0 bridgehead atoms. The molecule has 0 aromatic carbocycles. The molecule has 0 amide bonds. The van der Waals surface area contributed by atoms with Crippen LogP contribution in [-0.4, -0.2) is 0 Å². The van der Waals surface area contributed by atoms with Gasteiger partial charge in [0.2, 0.25) is 0 Å². The Kier molecular flexibility index (Phi) is 3.74. The summed E-state index contributed by atoms with van der Waals surface area (Å²) in [5.74, 6) is 0. The highest BCUT2D eigenvalue weighted by molar-refractivity contribution is 5.20. The van der Waals surface area contributed by atoms with Gasteiger partial charge in [0, 0.05) is 0 Å². The van der Waals surface area contributed by atoms with Gasteiger partial charge >= 0.3 is 0 Å². The van der Waals surface area contributed by atoms with Crippen LogP contribution in [0.5, 0.6) is 0 Å². The highest BCUT2D eigenvalue weighted by Crippen LogP contribution is 2.17. The van der Waals surface area contributed by atoms with E-state index in [1.165, 1.54) is 24.8 Å². The molecule has 0 heterocycles. The Bertz CT molecular complexity index is 182. The van der Waals surface area contributed by atoms with E-state index >= 15 is 0 Å². The van der Waals surface area contributed by atoms with Crippen LogP contribution < -0.4 is 0 Å². The van der Waals surface area contributed by atoms with Gasteiger partial charge in [0.05, 0.1) is 0 Å². The Morgan fingerprint density at radius 2 is 2.18 bits per heavy atom. The molecule has 0 nitrogen and oxygen atoms in total. The van der Waals surface area contributed by atoms with Gasteiger partial charge in [-0.2, -0.15) is 0 Å². The zero-order valence-corrected chi connectivity index (χ0v) is 7.14. The van der Waals surface area contributed by atoms with E-state index < -0.39 is 0 Å². The Hall–Kier alpha value is -0.780. The van der Waals surface area contributed by atoms with Crippen molar-refractivity contribution < 1.29 is 0 Å². The third-order valence-electron chi connectivity index (χ3n) is 1.83. The Labute approximate surface area is 69.3 Å². The molecule has 0 aromatic heterocycles. The minimum atomic E-state index is 1.15. The van der Waals surface area contributed by atoms with Gasteiger partial charge in [-0.25, -0.2) is 0 Å². The lowest BCUT2D eigenvalue weighted by Gasteiger charge is -2.06. The molecule has 1 aliphatic rings. The summed E-state index contributed by atoms with van der Waals surface area (Å²) in [6.45, 7) is 2.03. The van der Waals surface area contributed by atoms with Gasteiger partial charge in [-0.15, -0.1) is 0 Å². The monoisotopic (exact) mass is 147 g/mol. The minimum absolute atomic E-state index is 1.15. The van der Waals surface area contributed by atoms with Gasteiger partial charge in [0.25, 0.3) is 0 Å². The topological polar surface area (TPSA) is 0 Å². The molecule has 59 valence electrons. The molecule has 11 heavy (non-hydrogen) atoms. The average molecular weight is 147 g/mol. The maximum Gasteiger partial charge on any atom is -0.0273 e. The van der Waals surface area contributed by atoms with Crippen molar-refractivity contribution in [2.24, 2.45) is 0 Å². The largest absolute Gasteiger partial charge is 0.0877 e. The lowest BCUT2D eigenvalue weighted by atomic mass is 9.99. The van der Waals surface area contributed by atoms with E-state index in [0.29, 0.717) is 0 Å². The fourth-order valence-electron chi connectivity index (χ4n) is 1.20. The van der Waals surface area contributed by atoms with Gasteiger partial charge in [-0.3, -0.25) is 0 Å². The molecular weight excluding hydrogens is 132 g/mol. The van der Waals surface area contributed by atoms with Gasteiger partial charge in [0.1, 0.15) is 0 Å². The predicted molar refractivity (Wildman–Crippen MR) is 49.2 cm³/mol. The maximum absolute atomic E-state index is 3.37. The second-order valence-electron chi connectivity index (χ2n) is 2.79. The molecule has 0 atom stereocenters. The number of hydrogen-bond donors (Lipinski definition) is 0. The van der Waals surface area contributed by atoms with Crippen molar-refractivity contribution in [3.8, 4) is 0 Å². The number of allylic oxidation sites excluding steroid dienone is 6. The van der Waals surface area contributed by atoms with Crippen LogP contribution in [0.15, 0.2) is 29.9 Å². The minimum Gasteiger partial charge on any atom is -0.0877 e. The standard InChI is InChI=1S/C11H15/c1-2-3-5-8-11-9-6-4-7-10-11/h2-3,5,8H,4,6-7,9H2,1H3. The van der Waals surface area contributed by atoms with E-state index in [-0.39, 0.29) is 0 Å². The lowest BCUT2D eigenvalue weighted by molar-refractivity contribution is 0.699. The molecule has 1 rings (SSSR count). The fourth-order valence-corrected chi connectivity index (χ4v) is 1.20. The second kappa shape index (κ2) is 4.95. The van der Waals surface area contributed by atoms with Crippen molar-refractivity contribution in [3.05, 3.63) is 36.0 Å². The zero-order chi connectivity index (χ0) is 7.94. The van der Waals surface area contributed by atoms with Crippen molar-refractivity contribution in [3.63, 3.8) is 0 Å². The number of rotatable bonds is 2. The fraction of sp³-hybridized carbons (Fsp3) is 0.455. The summed E-state index contributed by atoms with van der Waals surface area (Å²) in [6.07, 6.45) is 16.8. The van der Waals surface area contributed by atoms with E-state index in [1.54, 1.807) is 0 Å². The molecule has 1 radical (unpaired) electrons. The normalized spacial score (nSPS) is 19.5. The summed E-state index contributed by atoms with van der Waals surface area (Å²) in [5, 5.41) is 0. The zero-order valence-electron chi connectivity index (χ0n) is 7.14. The summed E-state index contributed by atoms with van der Waals surface area (Å²) in [7, 11) is 0. The van der Waals surface area contributed by atoms with E-state index in [2.05, 4.69) is 24.3 Å². The first kappa shape index (κ1) is 8.32. The first-order valence-electron chi connectivity index (χ1n) is 4.32. The highest BCUT2D eigenvalue weighted by Gasteiger charge is 1.98. The third kappa shape index (κ3) is 3.22. The van der Waals surface area contributed by atoms with Gasteiger partial charge in [-0.05, 0) is 44.3 Å². The summed E-state index contributed by atoms with van der Waals surface area (Å²) in [6, 6.07) is 0. The smallest absolute Gasteiger partial charge is 0.0273 e. The van der Waals surface area contributed by atoms with Crippen LogP contribution in [-0.2, 0) is 0 Å².